The molecule has 0 unspecified atom stereocenters. The zero-order chi connectivity index (χ0) is 22.4. The van der Waals surface area contributed by atoms with Gasteiger partial charge >= 0.3 is 0 Å². The molecule has 2 N–H and O–H groups in total. The van der Waals surface area contributed by atoms with E-state index in [0.717, 1.165) is 24.2 Å². The van der Waals surface area contributed by atoms with Crippen LogP contribution in [0.1, 0.15) is 23.7 Å². The highest BCUT2D eigenvalue weighted by Gasteiger charge is 2.15. The molecule has 0 spiro atoms. The van der Waals surface area contributed by atoms with Crippen LogP contribution in [0.2, 0.25) is 0 Å². The second-order valence-electron chi connectivity index (χ2n) is 6.47. The number of aromatic nitrogens is 2. The summed E-state index contributed by atoms with van der Waals surface area (Å²) in [5.74, 6) is -1.30. The highest BCUT2D eigenvalue weighted by atomic mass is 32.2. The van der Waals surface area contributed by atoms with Gasteiger partial charge in [0.25, 0.3) is 17.2 Å². The Labute approximate surface area is 180 Å². The van der Waals surface area contributed by atoms with Gasteiger partial charge in [0.15, 0.2) is 5.16 Å². The topological polar surface area (TPSA) is 136 Å². The molecule has 2 aromatic carbocycles. The molecular weight excluding hydrogens is 422 g/mol. The zero-order valence-electron chi connectivity index (χ0n) is 16.5. The van der Waals surface area contributed by atoms with E-state index in [0.29, 0.717) is 22.6 Å². The predicted octanol–water partition coefficient (Wildman–Crippen LogP) is 2.27. The van der Waals surface area contributed by atoms with Crippen LogP contribution in [0.3, 0.4) is 0 Å². The summed E-state index contributed by atoms with van der Waals surface area (Å²) in [5.41, 5.74) is 4.66. The van der Waals surface area contributed by atoms with Gasteiger partial charge in [0.05, 0.1) is 21.6 Å². The van der Waals surface area contributed by atoms with E-state index in [1.54, 1.807) is 24.3 Å². The van der Waals surface area contributed by atoms with Crippen molar-refractivity contribution in [1.82, 2.24) is 20.4 Å². The molecule has 3 aromatic rings. The molecule has 0 fully saturated rings. The molecule has 0 aliphatic heterocycles. The first kappa shape index (κ1) is 22.0. The second kappa shape index (κ2) is 9.85. The number of para-hydroxylation sites is 1. The van der Waals surface area contributed by atoms with Crippen molar-refractivity contribution in [3.8, 4) is 0 Å². The van der Waals surface area contributed by atoms with Gasteiger partial charge in [-0.25, -0.2) is 4.98 Å². The number of nitro benzene ring substituents is 1. The fourth-order valence-electron chi connectivity index (χ4n) is 2.80. The molecular formula is C20H19N5O5S. The molecule has 0 saturated heterocycles. The van der Waals surface area contributed by atoms with Gasteiger partial charge in [-0.05, 0) is 24.6 Å². The third kappa shape index (κ3) is 5.25. The first-order valence-corrected chi connectivity index (χ1v) is 10.3. The minimum absolute atomic E-state index is 0.0372. The quantitative estimate of drug-likeness (QED) is 0.248. The Bertz CT molecular complexity index is 1210. The molecule has 1 aromatic heterocycles. The van der Waals surface area contributed by atoms with Crippen LogP contribution in [0.5, 0.6) is 0 Å². The molecule has 160 valence electrons. The van der Waals surface area contributed by atoms with Crippen molar-refractivity contribution >= 4 is 40.2 Å². The number of hydrazine groups is 1. The maximum absolute atomic E-state index is 12.7. The summed E-state index contributed by atoms with van der Waals surface area (Å²) in [6, 6.07) is 12.1. The number of rotatable bonds is 7. The lowest BCUT2D eigenvalue weighted by atomic mass is 10.2. The Kier molecular flexibility index (Phi) is 6.98. The van der Waals surface area contributed by atoms with Gasteiger partial charge in [0.1, 0.15) is 0 Å². The van der Waals surface area contributed by atoms with Gasteiger partial charge in [-0.2, -0.15) is 0 Å². The van der Waals surface area contributed by atoms with Crippen LogP contribution in [-0.4, -0.2) is 32.0 Å². The summed E-state index contributed by atoms with van der Waals surface area (Å²) in [4.78, 5) is 51.7. The standard InChI is InChI=1S/C20H19N5O5S/c1-2-10-24-19(28)15-8-3-4-9-16(15)21-20(24)31-12-17(26)22-23-18(27)13-6-5-7-14(11-13)25(29)30/h3-9,11H,2,10,12H2,1H3,(H,22,26)(H,23,27). The summed E-state index contributed by atoms with van der Waals surface area (Å²) >= 11 is 1.08. The van der Waals surface area contributed by atoms with Crippen LogP contribution < -0.4 is 16.4 Å². The average molecular weight is 441 g/mol. The van der Waals surface area contributed by atoms with Crippen molar-refractivity contribution in [2.45, 2.75) is 25.0 Å². The summed E-state index contributed by atoms with van der Waals surface area (Å²) in [6.45, 7) is 2.40. The van der Waals surface area contributed by atoms with Gasteiger partial charge in [-0.15, -0.1) is 0 Å². The Hall–Kier alpha value is -3.73. The number of amides is 2. The van der Waals surface area contributed by atoms with Crippen molar-refractivity contribution < 1.29 is 14.5 Å². The number of hydrogen-bond donors (Lipinski definition) is 2. The number of thioether (sulfide) groups is 1. The average Bonchev–Trinajstić information content (AvgIpc) is 2.78. The lowest BCUT2D eigenvalue weighted by molar-refractivity contribution is -0.384. The number of fused-ring (bicyclic) bond motifs is 1. The molecule has 0 saturated carbocycles. The Morgan fingerprint density at radius 2 is 1.94 bits per heavy atom. The highest BCUT2D eigenvalue weighted by Crippen LogP contribution is 2.18. The smallest absolute Gasteiger partial charge is 0.270 e. The third-order valence-electron chi connectivity index (χ3n) is 4.24. The minimum Gasteiger partial charge on any atom is -0.287 e. The number of hydrogen-bond acceptors (Lipinski definition) is 7. The maximum atomic E-state index is 12.7. The van der Waals surface area contributed by atoms with E-state index in [-0.39, 0.29) is 22.6 Å². The minimum atomic E-state index is -0.686. The van der Waals surface area contributed by atoms with Crippen molar-refractivity contribution in [1.29, 1.82) is 0 Å². The summed E-state index contributed by atoms with van der Waals surface area (Å²) in [7, 11) is 0. The van der Waals surface area contributed by atoms with Crippen molar-refractivity contribution in [3.63, 3.8) is 0 Å². The molecule has 0 aliphatic carbocycles. The van der Waals surface area contributed by atoms with Crippen LogP contribution in [-0.2, 0) is 11.3 Å². The monoisotopic (exact) mass is 441 g/mol. The van der Waals surface area contributed by atoms with Crippen LogP contribution in [0.25, 0.3) is 10.9 Å². The molecule has 0 atom stereocenters. The van der Waals surface area contributed by atoms with Crippen LogP contribution >= 0.6 is 11.8 Å². The molecule has 2 amide bonds. The van der Waals surface area contributed by atoms with E-state index in [4.69, 9.17) is 0 Å². The van der Waals surface area contributed by atoms with Gasteiger partial charge in [-0.1, -0.05) is 36.9 Å². The SMILES string of the molecule is CCCn1c(SCC(=O)NNC(=O)c2cccc([N+](=O)[O-])c2)nc2ccccc2c1=O. The fourth-order valence-corrected chi connectivity index (χ4v) is 3.63. The number of nitrogens with one attached hydrogen (secondary N) is 2. The van der Waals surface area contributed by atoms with Crippen molar-refractivity contribution in [3.05, 3.63) is 74.6 Å². The molecule has 0 radical (unpaired) electrons. The molecule has 10 nitrogen and oxygen atoms in total. The number of nitrogens with zero attached hydrogens (tertiary/aromatic N) is 3. The van der Waals surface area contributed by atoms with Crippen LogP contribution in [0.15, 0.2) is 58.5 Å². The molecule has 1 heterocycles. The summed E-state index contributed by atoms with van der Waals surface area (Å²) in [6.07, 6.45) is 0.721. The van der Waals surface area contributed by atoms with E-state index < -0.39 is 16.7 Å². The summed E-state index contributed by atoms with van der Waals surface area (Å²) < 4.78 is 1.53. The molecule has 3 rings (SSSR count). The first-order chi connectivity index (χ1) is 14.9. The third-order valence-corrected chi connectivity index (χ3v) is 5.22. The number of benzene rings is 2. The second-order valence-corrected chi connectivity index (χ2v) is 7.41. The zero-order valence-corrected chi connectivity index (χ0v) is 17.3. The Morgan fingerprint density at radius 1 is 1.16 bits per heavy atom. The Balaban J connectivity index is 1.65. The lowest BCUT2D eigenvalue weighted by Crippen LogP contribution is -2.42. The van der Waals surface area contributed by atoms with E-state index >= 15 is 0 Å². The molecule has 0 bridgehead atoms. The van der Waals surface area contributed by atoms with Crippen LogP contribution in [0, 0.1) is 10.1 Å². The molecule has 31 heavy (non-hydrogen) atoms. The molecule has 0 aliphatic rings. The number of carbonyl (C=O) groups excluding carboxylic acids is 2. The maximum Gasteiger partial charge on any atom is 0.270 e. The number of nitro groups is 1. The van der Waals surface area contributed by atoms with Crippen molar-refractivity contribution in [2.75, 3.05) is 5.75 Å². The normalized spacial score (nSPS) is 10.6. The van der Waals surface area contributed by atoms with E-state index in [2.05, 4.69) is 15.8 Å². The van der Waals surface area contributed by atoms with Gasteiger partial charge < -0.3 is 0 Å². The van der Waals surface area contributed by atoms with Gasteiger partial charge in [0.2, 0.25) is 5.91 Å². The van der Waals surface area contributed by atoms with Crippen LogP contribution in [0.4, 0.5) is 5.69 Å². The van der Waals surface area contributed by atoms with E-state index in [9.17, 15) is 24.5 Å². The molecule has 11 heteroatoms. The first-order valence-electron chi connectivity index (χ1n) is 9.36. The Morgan fingerprint density at radius 3 is 2.68 bits per heavy atom. The van der Waals surface area contributed by atoms with E-state index in [1.165, 1.54) is 22.8 Å². The lowest BCUT2D eigenvalue weighted by Gasteiger charge is -2.12. The van der Waals surface area contributed by atoms with Crippen molar-refractivity contribution in [2.24, 2.45) is 0 Å². The van der Waals surface area contributed by atoms with E-state index in [1.807, 2.05) is 6.92 Å². The van der Waals surface area contributed by atoms with Gasteiger partial charge in [0, 0.05) is 24.2 Å². The number of carbonyl (C=O) groups is 2. The number of non-ortho nitro benzene ring substituents is 1. The van der Waals surface area contributed by atoms with Gasteiger partial charge in [-0.3, -0.25) is 39.9 Å². The summed E-state index contributed by atoms with van der Waals surface area (Å²) in [5, 5.41) is 11.7. The predicted molar refractivity (Wildman–Crippen MR) is 116 cm³/mol. The highest BCUT2D eigenvalue weighted by molar-refractivity contribution is 7.99. The fraction of sp³-hybridized carbons (Fsp3) is 0.200. The largest absolute Gasteiger partial charge is 0.287 e.